The summed E-state index contributed by atoms with van der Waals surface area (Å²) in [5, 5.41) is 4.14. The molecule has 138 valence electrons. The molecule has 0 aliphatic rings. The van der Waals surface area contributed by atoms with Gasteiger partial charge in [0.25, 0.3) is 5.91 Å². The van der Waals surface area contributed by atoms with Crippen LogP contribution in [0.5, 0.6) is 5.75 Å². The van der Waals surface area contributed by atoms with E-state index in [1.807, 2.05) is 50.2 Å². The molecular weight excluding hydrogens is 460 g/mol. The maximum Gasteiger partial charge on any atom is 0.277 e. The van der Waals surface area contributed by atoms with Crippen molar-refractivity contribution in [1.29, 1.82) is 0 Å². The number of halogens is 2. The van der Waals surface area contributed by atoms with Crippen molar-refractivity contribution in [1.82, 2.24) is 5.43 Å². The summed E-state index contributed by atoms with van der Waals surface area (Å²) in [6, 6.07) is 11.7. The van der Waals surface area contributed by atoms with E-state index in [4.69, 9.17) is 4.74 Å². The second kappa shape index (κ2) is 9.33. The molecule has 0 saturated heterocycles. The molecule has 2 aromatic carbocycles. The topological polar surface area (TPSA) is 50.7 Å². The first kappa shape index (κ1) is 20.6. The zero-order valence-electron chi connectivity index (χ0n) is 15.3. The number of ether oxygens (including phenoxy) is 1. The fraction of sp³-hybridized carbons (Fsp3) is 0.300. The van der Waals surface area contributed by atoms with Gasteiger partial charge in [0, 0.05) is 8.95 Å². The molecule has 0 aliphatic heterocycles. The molecule has 2 aromatic rings. The van der Waals surface area contributed by atoms with Gasteiger partial charge in [-0.2, -0.15) is 5.10 Å². The van der Waals surface area contributed by atoms with Crippen molar-refractivity contribution in [3.8, 4) is 5.75 Å². The van der Waals surface area contributed by atoms with E-state index in [-0.39, 0.29) is 12.5 Å². The molecule has 0 bridgehead atoms. The average molecular weight is 482 g/mol. The monoisotopic (exact) mass is 480 g/mol. The normalized spacial score (nSPS) is 11.6. The number of nitrogens with zero attached hydrogens (tertiary/aromatic N) is 1. The largest absolute Gasteiger partial charge is 0.483 e. The van der Waals surface area contributed by atoms with Crippen molar-refractivity contribution in [3.63, 3.8) is 0 Å². The molecule has 26 heavy (non-hydrogen) atoms. The molecule has 0 radical (unpaired) electrons. The third-order valence-corrected chi connectivity index (χ3v) is 5.27. The van der Waals surface area contributed by atoms with E-state index >= 15 is 0 Å². The van der Waals surface area contributed by atoms with Crippen molar-refractivity contribution in [3.05, 3.63) is 62.0 Å². The highest BCUT2D eigenvalue weighted by Gasteiger charge is 2.12. The highest BCUT2D eigenvalue weighted by atomic mass is 79.9. The highest BCUT2D eigenvalue weighted by molar-refractivity contribution is 9.10. The van der Waals surface area contributed by atoms with Crippen molar-refractivity contribution in [2.45, 2.75) is 33.6 Å². The minimum atomic E-state index is -0.295. The second-order valence-electron chi connectivity index (χ2n) is 6.32. The fourth-order valence-electron chi connectivity index (χ4n) is 2.32. The Balaban J connectivity index is 2.00. The SMILES string of the molecule is C/C(=N\NC(=O)COc1cc(C)c(Br)cc1C(C)C)c1ccc(Br)cc1. The molecule has 1 amide bonds. The molecule has 0 aliphatic carbocycles. The van der Waals surface area contributed by atoms with E-state index in [1.54, 1.807) is 0 Å². The van der Waals surface area contributed by atoms with Crippen LogP contribution in [0, 0.1) is 6.92 Å². The van der Waals surface area contributed by atoms with Gasteiger partial charge in [-0.05, 0) is 60.7 Å². The molecular formula is C20H22Br2N2O2. The Morgan fingerprint density at radius 3 is 2.46 bits per heavy atom. The van der Waals surface area contributed by atoms with Gasteiger partial charge in [-0.3, -0.25) is 4.79 Å². The smallest absolute Gasteiger partial charge is 0.277 e. The van der Waals surface area contributed by atoms with E-state index in [0.29, 0.717) is 5.92 Å². The molecule has 0 spiro atoms. The Bertz CT molecular complexity index is 815. The Morgan fingerprint density at radius 1 is 1.19 bits per heavy atom. The summed E-state index contributed by atoms with van der Waals surface area (Å²) in [5.41, 5.74) is 6.34. The molecule has 0 atom stereocenters. The van der Waals surface area contributed by atoms with Crippen LogP contribution in [-0.2, 0) is 4.79 Å². The summed E-state index contributed by atoms with van der Waals surface area (Å²) >= 11 is 6.94. The standard InChI is InChI=1S/C20H22Br2N2O2/c1-12(2)17-10-18(22)13(3)9-19(17)26-11-20(25)24-23-14(4)15-5-7-16(21)8-6-15/h5-10,12H,11H2,1-4H3,(H,24,25)/b23-14+. The number of benzene rings is 2. The third kappa shape index (κ3) is 5.68. The predicted octanol–water partition coefficient (Wildman–Crippen LogP) is 5.56. The molecule has 6 heteroatoms. The lowest BCUT2D eigenvalue weighted by Gasteiger charge is -2.15. The van der Waals surface area contributed by atoms with Gasteiger partial charge in [0.1, 0.15) is 5.75 Å². The summed E-state index contributed by atoms with van der Waals surface area (Å²) in [4.78, 5) is 12.1. The minimum Gasteiger partial charge on any atom is -0.483 e. The number of hydrogen-bond donors (Lipinski definition) is 1. The second-order valence-corrected chi connectivity index (χ2v) is 8.09. The minimum absolute atomic E-state index is 0.0854. The van der Waals surface area contributed by atoms with Gasteiger partial charge >= 0.3 is 0 Å². The average Bonchev–Trinajstić information content (AvgIpc) is 2.60. The van der Waals surface area contributed by atoms with E-state index in [2.05, 4.69) is 56.2 Å². The predicted molar refractivity (Wildman–Crippen MR) is 113 cm³/mol. The first-order valence-electron chi connectivity index (χ1n) is 8.30. The number of hydrogen-bond acceptors (Lipinski definition) is 3. The first-order valence-corrected chi connectivity index (χ1v) is 9.88. The van der Waals surface area contributed by atoms with Crippen LogP contribution in [0.25, 0.3) is 0 Å². The number of carbonyl (C=O) groups is 1. The van der Waals surface area contributed by atoms with E-state index in [1.165, 1.54) is 0 Å². The Morgan fingerprint density at radius 2 is 1.85 bits per heavy atom. The van der Waals surface area contributed by atoms with Crippen LogP contribution >= 0.6 is 31.9 Å². The molecule has 0 fully saturated rings. The molecule has 2 rings (SSSR count). The van der Waals surface area contributed by atoms with E-state index < -0.39 is 0 Å². The van der Waals surface area contributed by atoms with Crippen LogP contribution in [0.2, 0.25) is 0 Å². The van der Waals surface area contributed by atoms with Crippen molar-refractivity contribution >= 4 is 43.5 Å². The van der Waals surface area contributed by atoms with Crippen LogP contribution in [0.3, 0.4) is 0 Å². The Labute approximate surface area is 171 Å². The van der Waals surface area contributed by atoms with Gasteiger partial charge in [0.05, 0.1) is 5.71 Å². The fourth-order valence-corrected chi connectivity index (χ4v) is 2.95. The summed E-state index contributed by atoms with van der Waals surface area (Å²) < 4.78 is 7.77. The van der Waals surface area contributed by atoms with Crippen LogP contribution in [0.4, 0.5) is 0 Å². The van der Waals surface area contributed by atoms with Gasteiger partial charge in [-0.15, -0.1) is 0 Å². The van der Waals surface area contributed by atoms with Crippen molar-refractivity contribution in [2.75, 3.05) is 6.61 Å². The number of carbonyl (C=O) groups excluding carboxylic acids is 1. The van der Waals surface area contributed by atoms with Crippen molar-refractivity contribution < 1.29 is 9.53 Å². The Kier molecular flexibility index (Phi) is 7.41. The van der Waals surface area contributed by atoms with Gasteiger partial charge in [0.15, 0.2) is 6.61 Å². The molecule has 4 nitrogen and oxygen atoms in total. The summed E-state index contributed by atoms with van der Waals surface area (Å²) in [5.74, 6) is 0.726. The van der Waals surface area contributed by atoms with Gasteiger partial charge in [-0.25, -0.2) is 5.43 Å². The number of hydrazone groups is 1. The highest BCUT2D eigenvalue weighted by Crippen LogP contribution is 2.32. The van der Waals surface area contributed by atoms with Crippen LogP contribution in [-0.4, -0.2) is 18.2 Å². The molecule has 0 aromatic heterocycles. The van der Waals surface area contributed by atoms with E-state index in [0.717, 1.165) is 37.1 Å². The van der Waals surface area contributed by atoms with Crippen LogP contribution in [0.15, 0.2) is 50.4 Å². The van der Waals surface area contributed by atoms with Crippen LogP contribution < -0.4 is 10.2 Å². The summed E-state index contributed by atoms with van der Waals surface area (Å²) in [7, 11) is 0. The lowest BCUT2D eigenvalue weighted by atomic mass is 10.0. The van der Waals surface area contributed by atoms with Gasteiger partial charge in [0.2, 0.25) is 0 Å². The maximum absolute atomic E-state index is 12.1. The van der Waals surface area contributed by atoms with E-state index in [9.17, 15) is 4.79 Å². The zero-order valence-corrected chi connectivity index (χ0v) is 18.4. The number of rotatable bonds is 6. The third-order valence-electron chi connectivity index (χ3n) is 3.88. The van der Waals surface area contributed by atoms with Crippen molar-refractivity contribution in [2.24, 2.45) is 5.10 Å². The number of nitrogens with one attached hydrogen (secondary N) is 1. The Hall–Kier alpha value is -1.66. The zero-order chi connectivity index (χ0) is 19.3. The first-order chi connectivity index (χ1) is 12.3. The van der Waals surface area contributed by atoms with Gasteiger partial charge in [-0.1, -0.05) is 57.8 Å². The molecule has 1 N–H and O–H groups in total. The molecule has 0 saturated carbocycles. The maximum atomic E-state index is 12.1. The lowest BCUT2D eigenvalue weighted by molar-refractivity contribution is -0.123. The quantitative estimate of drug-likeness (QED) is 0.433. The molecule has 0 heterocycles. The lowest BCUT2D eigenvalue weighted by Crippen LogP contribution is -2.26. The summed E-state index contributed by atoms with van der Waals surface area (Å²) in [6.07, 6.45) is 0. The number of amides is 1. The molecule has 0 unspecified atom stereocenters. The van der Waals surface area contributed by atoms with Crippen LogP contribution in [0.1, 0.15) is 43.4 Å². The summed E-state index contributed by atoms with van der Waals surface area (Å²) in [6.45, 7) is 7.94. The van der Waals surface area contributed by atoms with Gasteiger partial charge < -0.3 is 4.74 Å². The number of aryl methyl sites for hydroxylation is 1.